The first-order valence-electron chi connectivity index (χ1n) is 3.19. The van der Waals surface area contributed by atoms with Gasteiger partial charge in [-0.2, -0.15) is 0 Å². The average Bonchev–Trinajstić information content (AvgIpc) is 1.89. The first-order chi connectivity index (χ1) is 4.34. The lowest BCUT2D eigenvalue weighted by molar-refractivity contribution is 0.689. The second-order valence-electron chi connectivity index (χ2n) is 2.27. The molecule has 0 saturated carbocycles. The molecule has 0 aromatic rings. The molecule has 1 aliphatic rings. The summed E-state index contributed by atoms with van der Waals surface area (Å²) in [6, 6.07) is 0. The first-order valence-corrected chi connectivity index (χ1v) is 4.07. The predicted octanol–water partition coefficient (Wildman–Crippen LogP) is 1.34. The lowest BCUT2D eigenvalue weighted by atomic mass is 10.1. The number of allylic oxidation sites excluding steroid dienone is 2. The zero-order valence-electron chi connectivity index (χ0n) is 5.39. The fourth-order valence-corrected chi connectivity index (χ4v) is 1.55. The van der Waals surface area contributed by atoms with Crippen molar-refractivity contribution in [2.75, 3.05) is 0 Å². The summed E-state index contributed by atoms with van der Waals surface area (Å²) in [5, 5.41) is 5.37. The molecule has 1 aliphatic carbocycles. The molecular formula is C6H12N2S. The smallest absolute Gasteiger partial charge is 0.0190 e. The number of hydrogen-bond donors (Lipinski definition) is 2. The molecule has 52 valence electrons. The Morgan fingerprint density at radius 3 is 2.33 bits per heavy atom. The van der Waals surface area contributed by atoms with Crippen LogP contribution in [-0.4, -0.2) is 0 Å². The van der Waals surface area contributed by atoms with Crippen LogP contribution in [0.25, 0.3) is 0 Å². The van der Waals surface area contributed by atoms with Gasteiger partial charge in [0.2, 0.25) is 0 Å². The van der Waals surface area contributed by atoms with Crippen molar-refractivity contribution in [1.29, 1.82) is 0 Å². The third kappa shape index (κ3) is 1.63. The Morgan fingerprint density at radius 2 is 1.89 bits per heavy atom. The molecule has 0 bridgehead atoms. The van der Waals surface area contributed by atoms with E-state index in [0.717, 1.165) is 18.5 Å². The highest BCUT2D eigenvalue weighted by molar-refractivity contribution is 8.00. The summed E-state index contributed by atoms with van der Waals surface area (Å²) >= 11 is 1.31. The van der Waals surface area contributed by atoms with E-state index in [0.29, 0.717) is 0 Å². The largest absolute Gasteiger partial charge is 0.401 e. The van der Waals surface area contributed by atoms with Gasteiger partial charge < -0.3 is 5.73 Å². The maximum absolute atomic E-state index is 5.67. The third-order valence-electron chi connectivity index (χ3n) is 1.60. The van der Waals surface area contributed by atoms with Gasteiger partial charge in [-0.15, -0.1) is 0 Å². The maximum Gasteiger partial charge on any atom is 0.0190 e. The zero-order chi connectivity index (χ0) is 6.69. The van der Waals surface area contributed by atoms with Crippen molar-refractivity contribution in [3.63, 3.8) is 0 Å². The van der Waals surface area contributed by atoms with Crippen molar-refractivity contribution in [3.8, 4) is 0 Å². The van der Waals surface area contributed by atoms with E-state index in [1.807, 2.05) is 0 Å². The summed E-state index contributed by atoms with van der Waals surface area (Å²) in [4.78, 5) is 1.20. The number of hydrogen-bond acceptors (Lipinski definition) is 3. The van der Waals surface area contributed by atoms with E-state index in [1.165, 1.54) is 29.7 Å². The van der Waals surface area contributed by atoms with Crippen molar-refractivity contribution in [1.82, 2.24) is 0 Å². The summed E-state index contributed by atoms with van der Waals surface area (Å²) in [7, 11) is 0. The second kappa shape index (κ2) is 3.13. The highest BCUT2D eigenvalue weighted by Gasteiger charge is 2.07. The number of rotatable bonds is 1. The normalized spacial score (nSPS) is 20.6. The van der Waals surface area contributed by atoms with Crippen LogP contribution < -0.4 is 10.9 Å². The first kappa shape index (κ1) is 6.96. The van der Waals surface area contributed by atoms with Gasteiger partial charge in [-0.05, 0) is 25.7 Å². The van der Waals surface area contributed by atoms with Gasteiger partial charge in [-0.25, -0.2) is 0 Å². The predicted molar refractivity (Wildman–Crippen MR) is 41.5 cm³/mol. The van der Waals surface area contributed by atoms with Crippen molar-refractivity contribution < 1.29 is 0 Å². The lowest BCUT2D eigenvalue weighted by Gasteiger charge is -2.13. The fraction of sp³-hybridized carbons (Fsp3) is 0.667. The third-order valence-corrected chi connectivity index (χ3v) is 2.35. The molecule has 0 spiro atoms. The molecule has 0 aromatic heterocycles. The highest BCUT2D eigenvalue weighted by atomic mass is 32.2. The molecule has 2 nitrogen and oxygen atoms in total. The lowest BCUT2D eigenvalue weighted by Crippen LogP contribution is -2.06. The van der Waals surface area contributed by atoms with Gasteiger partial charge >= 0.3 is 0 Å². The van der Waals surface area contributed by atoms with Crippen LogP contribution in [0.5, 0.6) is 0 Å². The summed E-state index contributed by atoms with van der Waals surface area (Å²) in [5.41, 5.74) is 6.68. The molecular weight excluding hydrogens is 132 g/mol. The van der Waals surface area contributed by atoms with Crippen molar-refractivity contribution in [2.24, 2.45) is 10.9 Å². The van der Waals surface area contributed by atoms with E-state index in [4.69, 9.17) is 10.9 Å². The fourth-order valence-electron chi connectivity index (χ4n) is 1.04. The standard InChI is InChI=1S/C6H12N2S/c7-5-3-1-2-4-6(5)9-8/h1-4,7-8H2. The van der Waals surface area contributed by atoms with E-state index in [2.05, 4.69) is 0 Å². The van der Waals surface area contributed by atoms with Crippen molar-refractivity contribution in [2.45, 2.75) is 25.7 Å². The molecule has 0 saturated heterocycles. The highest BCUT2D eigenvalue weighted by Crippen LogP contribution is 2.26. The Hall–Kier alpha value is -0.150. The Bertz CT molecular complexity index is 131. The molecule has 0 heterocycles. The van der Waals surface area contributed by atoms with E-state index in [1.54, 1.807) is 0 Å². The van der Waals surface area contributed by atoms with Crippen LogP contribution in [0.2, 0.25) is 0 Å². The molecule has 9 heavy (non-hydrogen) atoms. The Morgan fingerprint density at radius 1 is 1.22 bits per heavy atom. The molecule has 3 heteroatoms. The van der Waals surface area contributed by atoms with Crippen LogP contribution in [0.4, 0.5) is 0 Å². The maximum atomic E-state index is 5.67. The molecule has 0 atom stereocenters. The van der Waals surface area contributed by atoms with Crippen molar-refractivity contribution in [3.05, 3.63) is 10.6 Å². The topological polar surface area (TPSA) is 52.0 Å². The molecule has 4 N–H and O–H groups in total. The zero-order valence-corrected chi connectivity index (χ0v) is 6.21. The molecule has 1 rings (SSSR count). The van der Waals surface area contributed by atoms with E-state index < -0.39 is 0 Å². The molecule has 0 fully saturated rings. The SMILES string of the molecule is NSC1=C(N)CCCC1. The van der Waals surface area contributed by atoms with Gasteiger partial charge in [0, 0.05) is 10.6 Å². The van der Waals surface area contributed by atoms with Crippen LogP contribution in [0.1, 0.15) is 25.7 Å². The monoisotopic (exact) mass is 144 g/mol. The minimum atomic E-state index is 1.01. The average molecular weight is 144 g/mol. The van der Waals surface area contributed by atoms with Gasteiger partial charge in [-0.3, -0.25) is 5.14 Å². The molecule has 0 aromatic carbocycles. The van der Waals surface area contributed by atoms with E-state index >= 15 is 0 Å². The van der Waals surface area contributed by atoms with Gasteiger partial charge in [-0.1, -0.05) is 11.9 Å². The minimum absolute atomic E-state index is 1.01. The van der Waals surface area contributed by atoms with Gasteiger partial charge in [0.05, 0.1) is 0 Å². The van der Waals surface area contributed by atoms with E-state index in [-0.39, 0.29) is 0 Å². The van der Waals surface area contributed by atoms with Crippen LogP contribution >= 0.6 is 11.9 Å². The van der Waals surface area contributed by atoms with Crippen molar-refractivity contribution >= 4 is 11.9 Å². The summed E-state index contributed by atoms with van der Waals surface area (Å²) in [5.74, 6) is 0. The van der Waals surface area contributed by atoms with Gasteiger partial charge in [0.1, 0.15) is 0 Å². The van der Waals surface area contributed by atoms with Crippen LogP contribution in [0, 0.1) is 0 Å². The van der Waals surface area contributed by atoms with E-state index in [9.17, 15) is 0 Å². The quantitative estimate of drug-likeness (QED) is 0.546. The number of nitrogens with two attached hydrogens (primary N) is 2. The minimum Gasteiger partial charge on any atom is -0.401 e. The molecule has 0 radical (unpaired) electrons. The summed E-state index contributed by atoms with van der Waals surface area (Å²) in [6.45, 7) is 0. The van der Waals surface area contributed by atoms with Crippen LogP contribution in [0.15, 0.2) is 10.6 Å². The Kier molecular flexibility index (Phi) is 2.42. The van der Waals surface area contributed by atoms with Gasteiger partial charge in [0.25, 0.3) is 0 Å². The second-order valence-corrected chi connectivity index (χ2v) is 3.00. The van der Waals surface area contributed by atoms with Crippen LogP contribution in [-0.2, 0) is 0 Å². The molecule has 0 unspecified atom stereocenters. The molecule has 0 aliphatic heterocycles. The molecule has 0 amide bonds. The summed E-state index contributed by atoms with van der Waals surface area (Å²) in [6.07, 6.45) is 4.61. The van der Waals surface area contributed by atoms with Crippen LogP contribution in [0.3, 0.4) is 0 Å². The Labute approximate surface area is 59.8 Å². The summed E-state index contributed by atoms with van der Waals surface area (Å²) < 4.78 is 0. The Balaban J connectivity index is 2.59. The van der Waals surface area contributed by atoms with Gasteiger partial charge in [0.15, 0.2) is 0 Å².